The Kier molecular flexibility index (Phi) is 5.28. The third-order valence-corrected chi connectivity index (χ3v) is 2.79. The second-order valence-electron chi connectivity index (χ2n) is 2.77. The topological polar surface area (TPSA) is 51.6 Å². The minimum absolute atomic E-state index is 0.178. The summed E-state index contributed by atoms with van der Waals surface area (Å²) in [4.78, 5) is 4.22. The average Bonchev–Trinajstić information content (AvgIpc) is 2.29. The van der Waals surface area contributed by atoms with Gasteiger partial charge < -0.3 is 14.6 Å². The zero-order chi connectivity index (χ0) is 11.1. The monoisotopic (exact) mass is 229 g/mol. The van der Waals surface area contributed by atoms with Crippen LogP contribution in [-0.2, 0) is 5.75 Å². The maximum atomic E-state index is 8.67. The second-order valence-corrected chi connectivity index (χ2v) is 3.87. The van der Waals surface area contributed by atoms with Gasteiger partial charge in [0.1, 0.15) is 0 Å². The number of aliphatic hydroxyl groups is 1. The number of aromatic nitrogens is 1. The van der Waals surface area contributed by atoms with Gasteiger partial charge in [0.25, 0.3) is 0 Å². The molecule has 5 heteroatoms. The van der Waals surface area contributed by atoms with E-state index in [1.54, 1.807) is 38.2 Å². The first kappa shape index (κ1) is 12.1. The molecule has 1 rings (SSSR count). The number of aliphatic hydroxyl groups excluding tert-OH is 1. The molecule has 84 valence electrons. The summed E-state index contributed by atoms with van der Waals surface area (Å²) >= 11 is 1.61. The molecule has 0 aliphatic heterocycles. The van der Waals surface area contributed by atoms with Gasteiger partial charge in [0, 0.05) is 23.8 Å². The number of ether oxygens (including phenoxy) is 2. The van der Waals surface area contributed by atoms with Crippen molar-refractivity contribution in [1.29, 1.82) is 0 Å². The molecule has 0 bridgehead atoms. The number of hydrogen-bond acceptors (Lipinski definition) is 5. The van der Waals surface area contributed by atoms with E-state index >= 15 is 0 Å². The minimum atomic E-state index is 0.178. The third-order valence-electron chi connectivity index (χ3n) is 1.84. The highest BCUT2D eigenvalue weighted by atomic mass is 32.2. The predicted octanol–water partition coefficient (Wildman–Crippen LogP) is 1.32. The highest BCUT2D eigenvalue weighted by Crippen LogP contribution is 2.31. The van der Waals surface area contributed by atoms with Gasteiger partial charge in [-0.05, 0) is 0 Å². The van der Waals surface area contributed by atoms with Crippen molar-refractivity contribution in [2.75, 3.05) is 26.6 Å². The fraction of sp³-hybridized carbons (Fsp3) is 0.500. The Hall–Kier alpha value is -0.940. The Bertz CT molecular complexity index is 307. The van der Waals surface area contributed by atoms with Crippen LogP contribution in [0.25, 0.3) is 0 Å². The Morgan fingerprint density at radius 3 is 2.80 bits per heavy atom. The predicted molar refractivity (Wildman–Crippen MR) is 60.6 cm³/mol. The number of pyridine rings is 1. The van der Waals surface area contributed by atoms with Crippen LogP contribution in [-0.4, -0.2) is 36.7 Å². The summed E-state index contributed by atoms with van der Waals surface area (Å²) in [6.45, 7) is 0.178. The molecule has 0 unspecified atom stereocenters. The molecule has 4 nitrogen and oxygen atoms in total. The van der Waals surface area contributed by atoms with Crippen molar-refractivity contribution >= 4 is 11.8 Å². The van der Waals surface area contributed by atoms with Crippen molar-refractivity contribution in [3.05, 3.63) is 18.0 Å². The van der Waals surface area contributed by atoms with Gasteiger partial charge in [-0.15, -0.1) is 0 Å². The molecule has 0 amide bonds. The normalized spacial score (nSPS) is 10.1. The van der Waals surface area contributed by atoms with Crippen molar-refractivity contribution in [1.82, 2.24) is 4.98 Å². The van der Waals surface area contributed by atoms with Crippen molar-refractivity contribution in [2.24, 2.45) is 0 Å². The molecule has 0 saturated heterocycles. The molecular formula is C10H15NO3S. The van der Waals surface area contributed by atoms with Crippen molar-refractivity contribution < 1.29 is 14.6 Å². The van der Waals surface area contributed by atoms with Crippen LogP contribution < -0.4 is 9.47 Å². The Balaban J connectivity index is 2.76. The van der Waals surface area contributed by atoms with E-state index in [-0.39, 0.29) is 6.61 Å². The van der Waals surface area contributed by atoms with Crippen molar-refractivity contribution in [3.63, 3.8) is 0 Å². The van der Waals surface area contributed by atoms with E-state index in [1.807, 2.05) is 0 Å². The fourth-order valence-corrected chi connectivity index (χ4v) is 1.86. The number of hydrogen-bond donors (Lipinski definition) is 1. The first-order valence-corrected chi connectivity index (χ1v) is 5.73. The quantitative estimate of drug-likeness (QED) is 0.746. The highest BCUT2D eigenvalue weighted by Gasteiger charge is 2.10. The third kappa shape index (κ3) is 3.28. The molecule has 0 saturated carbocycles. The van der Waals surface area contributed by atoms with Crippen LogP contribution in [0.5, 0.6) is 11.5 Å². The zero-order valence-corrected chi connectivity index (χ0v) is 9.71. The molecule has 0 aliphatic carbocycles. The van der Waals surface area contributed by atoms with Gasteiger partial charge in [-0.3, -0.25) is 4.98 Å². The van der Waals surface area contributed by atoms with Crippen LogP contribution in [0.1, 0.15) is 5.69 Å². The lowest BCUT2D eigenvalue weighted by Gasteiger charge is -2.10. The average molecular weight is 229 g/mol. The lowest BCUT2D eigenvalue weighted by molar-refractivity contribution is 0.322. The van der Waals surface area contributed by atoms with Gasteiger partial charge in [-0.1, -0.05) is 0 Å². The second kappa shape index (κ2) is 6.53. The standard InChI is InChI=1S/C10H15NO3S/c1-13-9-3-4-11-8(10(9)14-2)7-15-6-5-12/h3-4,12H,5-7H2,1-2H3. The minimum Gasteiger partial charge on any atom is -0.493 e. The maximum Gasteiger partial charge on any atom is 0.183 e. The molecule has 15 heavy (non-hydrogen) atoms. The lowest BCUT2D eigenvalue weighted by atomic mass is 10.3. The van der Waals surface area contributed by atoms with Crippen LogP contribution in [0, 0.1) is 0 Å². The van der Waals surface area contributed by atoms with E-state index in [0.29, 0.717) is 23.0 Å². The summed E-state index contributed by atoms with van der Waals surface area (Å²) in [7, 11) is 3.20. The van der Waals surface area contributed by atoms with E-state index in [1.165, 1.54) is 0 Å². The van der Waals surface area contributed by atoms with Gasteiger partial charge in [-0.25, -0.2) is 0 Å². The van der Waals surface area contributed by atoms with E-state index in [9.17, 15) is 0 Å². The molecule has 0 atom stereocenters. The van der Waals surface area contributed by atoms with Gasteiger partial charge >= 0.3 is 0 Å². The molecule has 0 spiro atoms. The summed E-state index contributed by atoms with van der Waals surface area (Å²) in [5.74, 6) is 2.76. The van der Waals surface area contributed by atoms with E-state index in [4.69, 9.17) is 14.6 Å². The van der Waals surface area contributed by atoms with Crippen molar-refractivity contribution in [2.45, 2.75) is 5.75 Å². The van der Waals surface area contributed by atoms with Crippen LogP contribution in [0.4, 0.5) is 0 Å². The number of nitrogens with zero attached hydrogens (tertiary/aromatic N) is 1. The van der Waals surface area contributed by atoms with Gasteiger partial charge in [0.2, 0.25) is 0 Å². The Morgan fingerprint density at radius 2 is 2.20 bits per heavy atom. The maximum absolute atomic E-state index is 8.67. The summed E-state index contributed by atoms with van der Waals surface area (Å²) in [5.41, 5.74) is 0.843. The SMILES string of the molecule is COc1ccnc(CSCCO)c1OC. The molecule has 1 heterocycles. The highest BCUT2D eigenvalue weighted by molar-refractivity contribution is 7.98. The Morgan fingerprint density at radius 1 is 1.40 bits per heavy atom. The Labute approximate surface area is 93.6 Å². The number of thioether (sulfide) groups is 1. The summed E-state index contributed by atoms with van der Waals surface area (Å²) in [5, 5.41) is 8.67. The molecule has 1 N–H and O–H groups in total. The van der Waals surface area contributed by atoms with Gasteiger partial charge in [0.05, 0.1) is 26.5 Å². The van der Waals surface area contributed by atoms with Crippen LogP contribution in [0.2, 0.25) is 0 Å². The molecule has 0 fully saturated rings. The number of methoxy groups -OCH3 is 2. The van der Waals surface area contributed by atoms with Gasteiger partial charge in [0.15, 0.2) is 11.5 Å². The zero-order valence-electron chi connectivity index (χ0n) is 8.90. The summed E-state index contributed by atoms with van der Waals surface area (Å²) in [6, 6.07) is 1.76. The van der Waals surface area contributed by atoms with Gasteiger partial charge in [-0.2, -0.15) is 11.8 Å². The number of rotatable bonds is 6. The fourth-order valence-electron chi connectivity index (χ4n) is 1.19. The molecule has 1 aromatic heterocycles. The summed E-state index contributed by atoms with van der Waals surface area (Å²) < 4.78 is 10.4. The van der Waals surface area contributed by atoms with E-state index in [2.05, 4.69) is 4.98 Å². The molecular weight excluding hydrogens is 214 g/mol. The largest absolute Gasteiger partial charge is 0.493 e. The van der Waals surface area contributed by atoms with E-state index < -0.39 is 0 Å². The first-order valence-electron chi connectivity index (χ1n) is 4.58. The van der Waals surface area contributed by atoms with Crippen LogP contribution in [0.3, 0.4) is 0 Å². The van der Waals surface area contributed by atoms with Crippen molar-refractivity contribution in [3.8, 4) is 11.5 Å². The van der Waals surface area contributed by atoms with E-state index in [0.717, 1.165) is 5.69 Å². The molecule has 1 aromatic rings. The lowest BCUT2D eigenvalue weighted by Crippen LogP contribution is -1.98. The summed E-state index contributed by atoms with van der Waals surface area (Å²) in [6.07, 6.45) is 1.69. The van der Waals surface area contributed by atoms with Crippen LogP contribution >= 0.6 is 11.8 Å². The van der Waals surface area contributed by atoms with Crippen LogP contribution in [0.15, 0.2) is 12.3 Å². The molecule has 0 radical (unpaired) electrons. The molecule has 0 aliphatic rings. The first-order chi connectivity index (χ1) is 7.33. The smallest absolute Gasteiger partial charge is 0.183 e. The molecule has 0 aromatic carbocycles.